The summed E-state index contributed by atoms with van der Waals surface area (Å²) in [6.07, 6.45) is 3.99. The van der Waals surface area contributed by atoms with Gasteiger partial charge in [0, 0.05) is 5.57 Å². The Balaban J connectivity index is 0. The minimum absolute atomic E-state index is 0.0871. The van der Waals surface area contributed by atoms with E-state index >= 15 is 0 Å². The number of rotatable bonds is 3. The first-order valence-corrected chi connectivity index (χ1v) is 7.99. The van der Waals surface area contributed by atoms with Crippen LogP contribution in [-0.4, -0.2) is 39.7 Å². The molecule has 1 rings (SSSR count). The molecule has 0 aliphatic rings. The molecule has 0 aliphatic carbocycles. The van der Waals surface area contributed by atoms with Crippen LogP contribution in [0.4, 0.5) is 0 Å². The largest absolute Gasteiger partial charge is 0.617 e. The minimum Gasteiger partial charge on any atom is -0.617 e. The SMILES string of the molecule is C=C(C)C(N)=O.C[S+](C)[O-].NCCc1ccc(O)c(O)c1. The molecule has 0 atom stereocenters. The van der Waals surface area contributed by atoms with Crippen molar-refractivity contribution in [3.8, 4) is 11.5 Å². The zero-order chi connectivity index (χ0) is 17.0. The molecule has 0 fully saturated rings. The number of primary amides is 1. The first-order chi connectivity index (χ1) is 9.61. The first kappa shape index (κ1) is 21.6. The molecule has 7 heteroatoms. The van der Waals surface area contributed by atoms with Gasteiger partial charge in [0.1, 0.15) is 0 Å². The molecule has 1 amide bonds. The Morgan fingerprint density at radius 1 is 1.33 bits per heavy atom. The van der Waals surface area contributed by atoms with Gasteiger partial charge in [-0.3, -0.25) is 4.79 Å². The molecule has 0 radical (unpaired) electrons. The van der Waals surface area contributed by atoms with Crippen LogP contribution in [0.5, 0.6) is 11.5 Å². The van der Waals surface area contributed by atoms with Crippen LogP contribution in [0.25, 0.3) is 0 Å². The molecular weight excluding hydrogens is 292 g/mol. The lowest BCUT2D eigenvalue weighted by Gasteiger charge is -2.00. The Hall–Kier alpha value is -1.70. The molecule has 0 aromatic heterocycles. The van der Waals surface area contributed by atoms with E-state index in [1.165, 1.54) is 12.1 Å². The summed E-state index contributed by atoms with van der Waals surface area (Å²) in [5, 5.41) is 18.0. The second-order valence-electron chi connectivity index (χ2n) is 4.25. The Labute approximate surface area is 128 Å². The van der Waals surface area contributed by atoms with Crippen molar-refractivity contribution in [3.63, 3.8) is 0 Å². The van der Waals surface area contributed by atoms with Gasteiger partial charge in [0.2, 0.25) is 5.91 Å². The normalized spacial score (nSPS) is 9.05. The van der Waals surface area contributed by atoms with Crippen molar-refractivity contribution in [2.75, 3.05) is 19.1 Å². The van der Waals surface area contributed by atoms with Gasteiger partial charge in [-0.1, -0.05) is 23.8 Å². The van der Waals surface area contributed by atoms with Crippen molar-refractivity contribution in [3.05, 3.63) is 35.9 Å². The standard InChI is InChI=1S/C8H11NO2.C4H7NO.C2H6OS/c9-4-3-6-1-2-7(10)8(11)5-6;1-3(2)4(5)6;1-4(2)3/h1-2,5,10-11H,3-4,9H2;1H2,2H3,(H2,5,6);1-2H3. The highest BCUT2D eigenvalue weighted by molar-refractivity contribution is 7.89. The van der Waals surface area contributed by atoms with Gasteiger partial charge in [-0.05, 0) is 37.6 Å². The molecule has 1 aromatic carbocycles. The third-order valence-corrected chi connectivity index (χ3v) is 1.89. The molecule has 1 aromatic rings. The number of hydrogen-bond donors (Lipinski definition) is 4. The molecule has 6 nitrogen and oxygen atoms in total. The second kappa shape index (κ2) is 12.1. The Kier molecular flexibility index (Phi) is 12.4. The third kappa shape index (κ3) is 14.5. The van der Waals surface area contributed by atoms with E-state index in [0.29, 0.717) is 18.5 Å². The van der Waals surface area contributed by atoms with E-state index in [1.807, 2.05) is 0 Å². The summed E-state index contributed by atoms with van der Waals surface area (Å²) in [5.41, 5.74) is 11.3. The molecule has 6 N–H and O–H groups in total. The van der Waals surface area contributed by atoms with Crippen molar-refractivity contribution in [1.29, 1.82) is 0 Å². The molecule has 0 heterocycles. The van der Waals surface area contributed by atoms with Crippen LogP contribution in [0.15, 0.2) is 30.4 Å². The van der Waals surface area contributed by atoms with E-state index < -0.39 is 17.1 Å². The van der Waals surface area contributed by atoms with Crippen LogP contribution in [0, 0.1) is 0 Å². The topological polar surface area (TPSA) is 133 Å². The average Bonchev–Trinajstić information content (AvgIpc) is 2.34. The Morgan fingerprint density at radius 2 is 1.76 bits per heavy atom. The smallest absolute Gasteiger partial charge is 0.243 e. The van der Waals surface area contributed by atoms with Gasteiger partial charge < -0.3 is 26.2 Å². The van der Waals surface area contributed by atoms with Crippen LogP contribution in [0.2, 0.25) is 0 Å². The highest BCUT2D eigenvalue weighted by atomic mass is 32.2. The molecular formula is C14H24N2O4S. The van der Waals surface area contributed by atoms with Crippen LogP contribution < -0.4 is 11.5 Å². The predicted molar refractivity (Wildman–Crippen MR) is 86.5 cm³/mol. The minimum atomic E-state index is -0.611. The lowest BCUT2D eigenvalue weighted by molar-refractivity contribution is -0.114. The molecule has 0 saturated heterocycles. The summed E-state index contributed by atoms with van der Waals surface area (Å²) >= 11 is -0.611. The van der Waals surface area contributed by atoms with E-state index in [-0.39, 0.29) is 11.5 Å². The lowest BCUT2D eigenvalue weighted by Crippen LogP contribution is -2.10. The lowest BCUT2D eigenvalue weighted by atomic mass is 10.1. The number of amides is 1. The molecule has 21 heavy (non-hydrogen) atoms. The van der Waals surface area contributed by atoms with Gasteiger partial charge >= 0.3 is 0 Å². The maximum Gasteiger partial charge on any atom is 0.243 e. The quantitative estimate of drug-likeness (QED) is 0.369. The molecule has 0 bridgehead atoms. The summed E-state index contributed by atoms with van der Waals surface area (Å²) in [4.78, 5) is 9.82. The van der Waals surface area contributed by atoms with E-state index in [2.05, 4.69) is 6.58 Å². The van der Waals surface area contributed by atoms with Crippen LogP contribution in [-0.2, 0) is 22.4 Å². The number of phenols is 2. The monoisotopic (exact) mass is 316 g/mol. The van der Waals surface area contributed by atoms with Crippen molar-refractivity contribution in [2.24, 2.45) is 11.5 Å². The Bertz CT molecular complexity index is 436. The van der Waals surface area contributed by atoms with Crippen molar-refractivity contribution >= 4 is 17.1 Å². The number of carbonyl (C=O) groups is 1. The van der Waals surface area contributed by atoms with E-state index in [0.717, 1.165) is 5.56 Å². The Morgan fingerprint density at radius 3 is 2.05 bits per heavy atom. The van der Waals surface area contributed by atoms with Crippen LogP contribution >= 0.6 is 0 Å². The maximum atomic E-state index is 9.82. The number of aromatic hydroxyl groups is 2. The zero-order valence-corrected chi connectivity index (χ0v) is 13.4. The first-order valence-electron chi connectivity index (χ1n) is 6.03. The third-order valence-electron chi connectivity index (χ3n) is 1.89. The van der Waals surface area contributed by atoms with Gasteiger partial charge in [-0.25, -0.2) is 0 Å². The molecule has 0 spiro atoms. The highest BCUT2D eigenvalue weighted by Gasteiger charge is 1.98. The number of hydrogen-bond acceptors (Lipinski definition) is 5. The summed E-state index contributed by atoms with van der Waals surface area (Å²) in [6, 6.07) is 4.71. The van der Waals surface area contributed by atoms with Gasteiger partial charge in [0.25, 0.3) is 0 Å². The molecule has 0 aliphatic heterocycles. The number of benzene rings is 1. The van der Waals surface area contributed by atoms with Crippen molar-refractivity contribution in [2.45, 2.75) is 13.3 Å². The van der Waals surface area contributed by atoms with Gasteiger partial charge in [0.05, 0.1) is 12.5 Å². The number of phenolic OH excluding ortho intramolecular Hbond substituents is 2. The fraction of sp³-hybridized carbons (Fsp3) is 0.357. The number of nitrogens with two attached hydrogens (primary N) is 2. The van der Waals surface area contributed by atoms with Gasteiger partial charge in [0.15, 0.2) is 11.5 Å². The van der Waals surface area contributed by atoms with Crippen molar-refractivity contribution < 1.29 is 19.6 Å². The predicted octanol–water partition coefficient (Wildman–Crippen LogP) is 0.641. The molecule has 0 saturated carbocycles. The fourth-order valence-corrected chi connectivity index (χ4v) is 0.891. The fourth-order valence-electron chi connectivity index (χ4n) is 0.891. The summed E-state index contributed by atoms with van der Waals surface area (Å²) in [6.45, 7) is 5.40. The van der Waals surface area contributed by atoms with Gasteiger partial charge in [-0.15, -0.1) is 0 Å². The second-order valence-corrected chi connectivity index (χ2v) is 5.73. The summed E-state index contributed by atoms with van der Waals surface area (Å²) in [7, 11) is 0. The number of carbonyl (C=O) groups excluding carboxylic acids is 1. The zero-order valence-electron chi connectivity index (χ0n) is 12.6. The maximum absolute atomic E-state index is 9.82. The summed E-state index contributed by atoms with van der Waals surface area (Å²) in [5.74, 6) is -0.614. The summed E-state index contributed by atoms with van der Waals surface area (Å²) < 4.78 is 9.56. The average molecular weight is 316 g/mol. The van der Waals surface area contributed by atoms with E-state index in [4.69, 9.17) is 21.7 Å². The van der Waals surface area contributed by atoms with Crippen LogP contribution in [0.3, 0.4) is 0 Å². The van der Waals surface area contributed by atoms with Crippen LogP contribution in [0.1, 0.15) is 12.5 Å². The van der Waals surface area contributed by atoms with Crippen molar-refractivity contribution in [1.82, 2.24) is 0 Å². The molecule has 120 valence electrons. The van der Waals surface area contributed by atoms with E-state index in [9.17, 15) is 9.35 Å². The highest BCUT2D eigenvalue weighted by Crippen LogP contribution is 2.24. The van der Waals surface area contributed by atoms with E-state index in [1.54, 1.807) is 25.5 Å². The van der Waals surface area contributed by atoms with Gasteiger partial charge in [-0.2, -0.15) is 0 Å². The molecule has 0 unspecified atom stereocenters.